The molecule has 0 aliphatic heterocycles. The van der Waals surface area contributed by atoms with Crippen LogP contribution in [0.4, 0.5) is 4.79 Å². The largest absolute Gasteiger partial charge is 0.448 e. The Morgan fingerprint density at radius 2 is 1.93 bits per heavy atom. The smallest absolute Gasteiger partial charge is 0.407 e. The highest BCUT2D eigenvalue weighted by Crippen LogP contribution is 2.01. The summed E-state index contributed by atoms with van der Waals surface area (Å²) in [5.74, 6) is 0.317. The van der Waals surface area contributed by atoms with Crippen LogP contribution in [-0.4, -0.2) is 24.3 Å². The topological polar surface area (TPSA) is 64.3 Å². The molecule has 0 aromatic rings. The number of nitrogens with one attached hydrogen (secondary N) is 1. The molecule has 0 unspecified atom stereocenters. The number of alkyl carbamates (subject to hydrolysis) is 1. The lowest BCUT2D eigenvalue weighted by Crippen LogP contribution is -2.43. The van der Waals surface area contributed by atoms with Crippen LogP contribution in [0.2, 0.25) is 0 Å². The fraction of sp³-hybridized carbons (Fsp3) is 0.900. The van der Waals surface area contributed by atoms with Gasteiger partial charge in [0.2, 0.25) is 0 Å². The standard InChI is InChI=1S/C10H22N2O2/c1-7(2)8(11)6-14-9(13)12-10(3,4)5/h7-8H,6,11H2,1-5H3,(H,12,13)/t8-/m0/s1. The van der Waals surface area contributed by atoms with E-state index in [2.05, 4.69) is 5.32 Å². The van der Waals surface area contributed by atoms with Crippen molar-refractivity contribution in [3.63, 3.8) is 0 Å². The molecule has 4 nitrogen and oxygen atoms in total. The van der Waals surface area contributed by atoms with Crippen molar-refractivity contribution in [2.45, 2.75) is 46.2 Å². The van der Waals surface area contributed by atoms with Crippen molar-refractivity contribution in [3.05, 3.63) is 0 Å². The van der Waals surface area contributed by atoms with E-state index in [0.29, 0.717) is 5.92 Å². The highest BCUT2D eigenvalue weighted by Gasteiger charge is 2.16. The summed E-state index contributed by atoms with van der Waals surface area (Å²) in [6.45, 7) is 9.95. The first-order chi connectivity index (χ1) is 6.22. The number of carbonyl (C=O) groups is 1. The second-order valence-electron chi connectivity index (χ2n) is 4.88. The van der Waals surface area contributed by atoms with Crippen molar-refractivity contribution in [1.82, 2.24) is 5.32 Å². The van der Waals surface area contributed by atoms with Gasteiger partial charge in [-0.1, -0.05) is 13.8 Å². The third kappa shape index (κ3) is 6.71. The molecule has 0 saturated heterocycles. The van der Waals surface area contributed by atoms with Gasteiger partial charge in [0.25, 0.3) is 0 Å². The Hall–Kier alpha value is -0.770. The van der Waals surface area contributed by atoms with Gasteiger partial charge < -0.3 is 15.8 Å². The summed E-state index contributed by atoms with van der Waals surface area (Å²) in [6.07, 6.45) is -0.409. The predicted molar refractivity (Wildman–Crippen MR) is 57.1 cm³/mol. The molecule has 14 heavy (non-hydrogen) atoms. The van der Waals surface area contributed by atoms with Crippen LogP contribution in [-0.2, 0) is 4.74 Å². The lowest BCUT2D eigenvalue weighted by Gasteiger charge is -2.21. The lowest BCUT2D eigenvalue weighted by atomic mass is 10.1. The molecule has 0 radical (unpaired) electrons. The average Bonchev–Trinajstić information content (AvgIpc) is 1.96. The van der Waals surface area contributed by atoms with Crippen molar-refractivity contribution in [1.29, 1.82) is 0 Å². The second kappa shape index (κ2) is 5.20. The van der Waals surface area contributed by atoms with Crippen LogP contribution in [0.25, 0.3) is 0 Å². The minimum Gasteiger partial charge on any atom is -0.448 e. The van der Waals surface area contributed by atoms with E-state index in [1.165, 1.54) is 0 Å². The summed E-state index contributed by atoms with van der Waals surface area (Å²) in [6, 6.07) is -0.0966. The predicted octanol–water partition coefficient (Wildman–Crippen LogP) is 1.49. The summed E-state index contributed by atoms with van der Waals surface area (Å²) in [4.78, 5) is 11.2. The van der Waals surface area contributed by atoms with Gasteiger partial charge in [0.1, 0.15) is 6.61 Å². The van der Waals surface area contributed by atoms with E-state index in [0.717, 1.165) is 0 Å². The Morgan fingerprint density at radius 3 is 2.29 bits per heavy atom. The van der Waals surface area contributed by atoms with Gasteiger partial charge in [-0.3, -0.25) is 0 Å². The molecule has 0 bridgehead atoms. The minimum absolute atomic E-state index is 0.0966. The monoisotopic (exact) mass is 202 g/mol. The third-order valence-corrected chi connectivity index (χ3v) is 1.74. The van der Waals surface area contributed by atoms with Crippen molar-refractivity contribution >= 4 is 6.09 Å². The maximum atomic E-state index is 11.2. The van der Waals surface area contributed by atoms with Gasteiger partial charge in [-0.25, -0.2) is 4.79 Å². The van der Waals surface area contributed by atoms with Gasteiger partial charge in [0.05, 0.1) is 0 Å². The summed E-state index contributed by atoms with van der Waals surface area (Å²) in [5.41, 5.74) is 5.46. The van der Waals surface area contributed by atoms with Gasteiger partial charge in [0.15, 0.2) is 0 Å². The molecule has 0 aromatic heterocycles. The molecule has 1 atom stereocenters. The number of nitrogens with two attached hydrogens (primary N) is 1. The molecule has 0 aromatic carbocycles. The third-order valence-electron chi connectivity index (χ3n) is 1.74. The van der Waals surface area contributed by atoms with Crippen LogP contribution < -0.4 is 11.1 Å². The number of hydrogen-bond donors (Lipinski definition) is 2. The minimum atomic E-state index is -0.409. The Kier molecular flexibility index (Phi) is 4.91. The molecular formula is C10H22N2O2. The second-order valence-corrected chi connectivity index (χ2v) is 4.88. The van der Waals surface area contributed by atoms with Gasteiger partial charge in [-0.2, -0.15) is 0 Å². The van der Waals surface area contributed by atoms with Gasteiger partial charge in [-0.15, -0.1) is 0 Å². The van der Waals surface area contributed by atoms with Crippen LogP contribution in [0.3, 0.4) is 0 Å². The van der Waals surface area contributed by atoms with E-state index in [1.807, 2.05) is 34.6 Å². The van der Waals surface area contributed by atoms with Crippen LogP contribution in [0, 0.1) is 5.92 Å². The zero-order valence-electron chi connectivity index (χ0n) is 9.76. The normalized spacial score (nSPS) is 13.9. The molecule has 0 aliphatic rings. The maximum Gasteiger partial charge on any atom is 0.407 e. The van der Waals surface area contributed by atoms with Crippen LogP contribution in [0.5, 0.6) is 0 Å². The molecule has 3 N–H and O–H groups in total. The zero-order chi connectivity index (χ0) is 11.4. The molecule has 4 heteroatoms. The van der Waals surface area contributed by atoms with Gasteiger partial charge in [0, 0.05) is 11.6 Å². The van der Waals surface area contributed by atoms with Crippen molar-refractivity contribution in [2.24, 2.45) is 11.7 Å². The Balaban J connectivity index is 3.75. The Labute approximate surface area is 86.2 Å². The highest BCUT2D eigenvalue weighted by molar-refractivity contribution is 5.68. The first kappa shape index (κ1) is 13.2. The van der Waals surface area contributed by atoms with Crippen LogP contribution >= 0.6 is 0 Å². The van der Waals surface area contributed by atoms with E-state index in [1.54, 1.807) is 0 Å². The zero-order valence-corrected chi connectivity index (χ0v) is 9.76. The van der Waals surface area contributed by atoms with E-state index in [4.69, 9.17) is 10.5 Å². The summed E-state index contributed by atoms with van der Waals surface area (Å²) < 4.78 is 4.97. The van der Waals surface area contributed by atoms with E-state index in [-0.39, 0.29) is 18.2 Å². The van der Waals surface area contributed by atoms with Crippen molar-refractivity contribution in [3.8, 4) is 0 Å². The van der Waals surface area contributed by atoms with E-state index in [9.17, 15) is 4.79 Å². The molecule has 0 rings (SSSR count). The fourth-order valence-corrected chi connectivity index (χ4v) is 0.707. The molecule has 1 amide bonds. The Morgan fingerprint density at radius 1 is 1.43 bits per heavy atom. The average molecular weight is 202 g/mol. The fourth-order valence-electron chi connectivity index (χ4n) is 0.707. The first-order valence-electron chi connectivity index (χ1n) is 4.93. The highest BCUT2D eigenvalue weighted by atomic mass is 16.5. The molecule has 0 fully saturated rings. The molecule has 84 valence electrons. The number of hydrogen-bond acceptors (Lipinski definition) is 3. The lowest BCUT2D eigenvalue weighted by molar-refractivity contribution is 0.125. The molecule has 0 aliphatic carbocycles. The van der Waals surface area contributed by atoms with E-state index >= 15 is 0 Å². The van der Waals surface area contributed by atoms with Gasteiger partial charge >= 0.3 is 6.09 Å². The maximum absolute atomic E-state index is 11.2. The molecular weight excluding hydrogens is 180 g/mol. The number of carbonyl (C=O) groups excluding carboxylic acids is 1. The number of amides is 1. The number of ether oxygens (including phenoxy) is 1. The molecule has 0 heterocycles. The van der Waals surface area contributed by atoms with Crippen molar-refractivity contribution < 1.29 is 9.53 Å². The summed E-state index contributed by atoms with van der Waals surface area (Å²) in [5, 5.41) is 2.70. The molecule has 0 saturated carbocycles. The van der Waals surface area contributed by atoms with Crippen LogP contribution in [0.15, 0.2) is 0 Å². The summed E-state index contributed by atoms with van der Waals surface area (Å²) in [7, 11) is 0. The first-order valence-corrected chi connectivity index (χ1v) is 4.93. The summed E-state index contributed by atoms with van der Waals surface area (Å²) >= 11 is 0. The SMILES string of the molecule is CC(C)[C@@H](N)COC(=O)NC(C)(C)C. The van der Waals surface area contributed by atoms with E-state index < -0.39 is 6.09 Å². The Bertz CT molecular complexity index is 185. The number of rotatable bonds is 3. The molecule has 0 spiro atoms. The van der Waals surface area contributed by atoms with Gasteiger partial charge in [-0.05, 0) is 26.7 Å². The quantitative estimate of drug-likeness (QED) is 0.729. The van der Waals surface area contributed by atoms with Crippen LogP contribution in [0.1, 0.15) is 34.6 Å². The van der Waals surface area contributed by atoms with Crippen molar-refractivity contribution in [2.75, 3.05) is 6.61 Å².